The van der Waals surface area contributed by atoms with E-state index < -0.39 is 6.09 Å². The van der Waals surface area contributed by atoms with Crippen molar-refractivity contribution in [1.82, 2.24) is 5.32 Å². The molecule has 0 saturated carbocycles. The van der Waals surface area contributed by atoms with E-state index in [-0.39, 0.29) is 5.92 Å². The van der Waals surface area contributed by atoms with Crippen LogP contribution in [0.5, 0.6) is 5.75 Å². The SMILES string of the molecule is CN(c1ccc2c(c1)OCC[C@H]2CNC(=O)O)c1ccc2occc2c1. The highest BCUT2D eigenvalue weighted by Crippen LogP contribution is 2.37. The van der Waals surface area contributed by atoms with E-state index in [0.29, 0.717) is 13.2 Å². The molecular weight excluding hydrogens is 332 g/mol. The maximum Gasteiger partial charge on any atom is 0.404 e. The zero-order valence-electron chi connectivity index (χ0n) is 14.4. The van der Waals surface area contributed by atoms with Gasteiger partial charge in [-0.15, -0.1) is 0 Å². The minimum absolute atomic E-state index is 0.136. The predicted octanol–water partition coefficient (Wildman–Crippen LogP) is 4.33. The van der Waals surface area contributed by atoms with Crippen molar-refractivity contribution in [2.75, 3.05) is 25.1 Å². The van der Waals surface area contributed by atoms with Gasteiger partial charge in [0.1, 0.15) is 11.3 Å². The lowest BCUT2D eigenvalue weighted by Crippen LogP contribution is -2.29. The van der Waals surface area contributed by atoms with Gasteiger partial charge in [-0.25, -0.2) is 4.79 Å². The van der Waals surface area contributed by atoms with Gasteiger partial charge in [0, 0.05) is 42.3 Å². The summed E-state index contributed by atoms with van der Waals surface area (Å²) in [5, 5.41) is 12.4. The van der Waals surface area contributed by atoms with E-state index in [4.69, 9.17) is 14.3 Å². The third-order valence-corrected chi connectivity index (χ3v) is 4.87. The Morgan fingerprint density at radius 1 is 1.23 bits per heavy atom. The van der Waals surface area contributed by atoms with Gasteiger partial charge in [0.2, 0.25) is 0 Å². The maximum atomic E-state index is 10.8. The molecule has 6 nitrogen and oxygen atoms in total. The topological polar surface area (TPSA) is 74.9 Å². The number of hydrogen-bond acceptors (Lipinski definition) is 4. The van der Waals surface area contributed by atoms with Gasteiger partial charge in [-0.3, -0.25) is 0 Å². The van der Waals surface area contributed by atoms with Crippen molar-refractivity contribution in [3.8, 4) is 5.75 Å². The van der Waals surface area contributed by atoms with Crippen molar-refractivity contribution in [2.24, 2.45) is 0 Å². The third kappa shape index (κ3) is 3.06. The second-order valence-corrected chi connectivity index (χ2v) is 6.44. The number of amides is 1. The predicted molar refractivity (Wildman–Crippen MR) is 99.6 cm³/mol. The van der Waals surface area contributed by atoms with E-state index in [2.05, 4.69) is 16.3 Å². The number of nitrogens with zero attached hydrogens (tertiary/aromatic N) is 1. The molecular formula is C20H20N2O4. The molecule has 0 fully saturated rings. The number of nitrogens with one attached hydrogen (secondary N) is 1. The minimum atomic E-state index is -0.996. The summed E-state index contributed by atoms with van der Waals surface area (Å²) in [5.74, 6) is 0.957. The summed E-state index contributed by atoms with van der Waals surface area (Å²) >= 11 is 0. The van der Waals surface area contributed by atoms with Crippen LogP contribution in [0.3, 0.4) is 0 Å². The van der Waals surface area contributed by atoms with E-state index >= 15 is 0 Å². The second kappa shape index (κ2) is 6.63. The Labute approximate surface area is 151 Å². The van der Waals surface area contributed by atoms with Gasteiger partial charge in [0.15, 0.2) is 0 Å². The summed E-state index contributed by atoms with van der Waals surface area (Å²) in [4.78, 5) is 12.9. The number of carboxylic acid groups (broad SMARTS) is 1. The van der Waals surface area contributed by atoms with Gasteiger partial charge in [-0.1, -0.05) is 6.07 Å². The smallest absolute Gasteiger partial charge is 0.404 e. The first kappa shape index (κ1) is 16.3. The molecule has 2 aromatic carbocycles. The van der Waals surface area contributed by atoms with Crippen LogP contribution < -0.4 is 15.0 Å². The molecule has 0 bridgehead atoms. The van der Waals surface area contributed by atoms with E-state index in [0.717, 1.165) is 40.1 Å². The molecule has 6 heteroatoms. The van der Waals surface area contributed by atoms with Gasteiger partial charge >= 0.3 is 6.09 Å². The second-order valence-electron chi connectivity index (χ2n) is 6.44. The molecule has 4 rings (SSSR count). The van der Waals surface area contributed by atoms with Crippen molar-refractivity contribution >= 4 is 28.4 Å². The van der Waals surface area contributed by atoms with Gasteiger partial charge in [0.05, 0.1) is 12.9 Å². The summed E-state index contributed by atoms with van der Waals surface area (Å²) in [6.45, 7) is 0.991. The van der Waals surface area contributed by atoms with Crippen LogP contribution in [0, 0.1) is 0 Å². The van der Waals surface area contributed by atoms with Crippen LogP contribution in [-0.4, -0.2) is 31.4 Å². The number of ether oxygens (including phenoxy) is 1. The molecule has 0 aliphatic carbocycles. The Kier molecular flexibility index (Phi) is 4.16. The normalized spacial score (nSPS) is 16.0. The van der Waals surface area contributed by atoms with Crippen LogP contribution in [0.2, 0.25) is 0 Å². The highest BCUT2D eigenvalue weighted by Gasteiger charge is 2.23. The van der Waals surface area contributed by atoms with Crippen molar-refractivity contribution in [1.29, 1.82) is 0 Å². The Morgan fingerprint density at radius 3 is 2.88 bits per heavy atom. The van der Waals surface area contributed by atoms with Crippen LogP contribution in [0.15, 0.2) is 53.1 Å². The van der Waals surface area contributed by atoms with Crippen molar-refractivity contribution in [3.63, 3.8) is 0 Å². The summed E-state index contributed by atoms with van der Waals surface area (Å²) in [7, 11) is 2.01. The van der Waals surface area contributed by atoms with Crippen molar-refractivity contribution < 1.29 is 19.1 Å². The Morgan fingerprint density at radius 2 is 2.04 bits per heavy atom. The number of rotatable bonds is 4. The largest absolute Gasteiger partial charge is 0.493 e. The van der Waals surface area contributed by atoms with Crippen LogP contribution in [0.25, 0.3) is 11.0 Å². The number of hydrogen-bond donors (Lipinski definition) is 2. The van der Waals surface area contributed by atoms with Crippen molar-refractivity contribution in [3.05, 3.63) is 54.3 Å². The third-order valence-electron chi connectivity index (χ3n) is 4.87. The van der Waals surface area contributed by atoms with Crippen molar-refractivity contribution in [2.45, 2.75) is 12.3 Å². The average molecular weight is 352 g/mol. The highest BCUT2D eigenvalue weighted by molar-refractivity contribution is 5.83. The molecule has 2 N–H and O–H groups in total. The van der Waals surface area contributed by atoms with Gasteiger partial charge in [0.25, 0.3) is 0 Å². The molecule has 134 valence electrons. The summed E-state index contributed by atoms with van der Waals surface area (Å²) < 4.78 is 11.2. The van der Waals surface area contributed by atoms with E-state index in [1.54, 1.807) is 6.26 Å². The Hall–Kier alpha value is -3.15. The summed E-state index contributed by atoms with van der Waals surface area (Å²) in [6.07, 6.45) is 1.50. The number of carbonyl (C=O) groups is 1. The fourth-order valence-electron chi connectivity index (χ4n) is 3.39. The fraction of sp³-hybridized carbons (Fsp3) is 0.250. The zero-order chi connectivity index (χ0) is 18.1. The number of fused-ring (bicyclic) bond motifs is 2. The van der Waals surface area contributed by atoms with Gasteiger partial charge in [-0.05, 0) is 42.3 Å². The highest BCUT2D eigenvalue weighted by atomic mass is 16.5. The first-order valence-corrected chi connectivity index (χ1v) is 8.56. The molecule has 2 heterocycles. The van der Waals surface area contributed by atoms with Crippen LogP contribution >= 0.6 is 0 Å². The Bertz CT molecular complexity index is 950. The monoisotopic (exact) mass is 352 g/mol. The number of anilines is 2. The van der Waals surface area contributed by atoms with E-state index in [1.165, 1.54) is 0 Å². The van der Waals surface area contributed by atoms with E-state index in [9.17, 15) is 4.79 Å². The zero-order valence-corrected chi connectivity index (χ0v) is 14.4. The van der Waals surface area contributed by atoms with Crippen LogP contribution in [0.1, 0.15) is 17.9 Å². The molecule has 1 aliphatic heterocycles. The lowest BCUT2D eigenvalue weighted by molar-refractivity contribution is 0.191. The number of furan rings is 1. The minimum Gasteiger partial charge on any atom is -0.493 e. The lowest BCUT2D eigenvalue weighted by atomic mass is 9.92. The van der Waals surface area contributed by atoms with Crippen LogP contribution in [-0.2, 0) is 0 Å². The molecule has 0 radical (unpaired) electrons. The van der Waals surface area contributed by atoms with Gasteiger partial charge < -0.3 is 24.5 Å². The molecule has 1 aromatic heterocycles. The maximum absolute atomic E-state index is 10.8. The molecule has 3 aromatic rings. The molecule has 0 unspecified atom stereocenters. The first-order valence-electron chi connectivity index (χ1n) is 8.56. The molecule has 1 aliphatic rings. The van der Waals surface area contributed by atoms with Crippen LogP contribution in [0.4, 0.5) is 16.2 Å². The number of benzene rings is 2. The summed E-state index contributed by atoms with van der Waals surface area (Å²) in [5.41, 5.74) is 3.98. The fourth-order valence-corrected chi connectivity index (χ4v) is 3.39. The molecule has 1 amide bonds. The van der Waals surface area contributed by atoms with E-state index in [1.807, 2.05) is 43.4 Å². The first-order chi connectivity index (χ1) is 12.6. The quantitative estimate of drug-likeness (QED) is 0.731. The average Bonchev–Trinajstić information content (AvgIpc) is 3.13. The molecule has 0 spiro atoms. The Balaban J connectivity index is 1.60. The lowest BCUT2D eigenvalue weighted by Gasteiger charge is -2.28. The summed E-state index contributed by atoms with van der Waals surface area (Å²) in [6, 6.07) is 14.1. The standard InChI is InChI=1S/C20H20N2O4/c1-22(15-3-5-18-13(10-15)6-8-25-18)16-2-4-17-14(12-21-20(23)24)7-9-26-19(17)11-16/h2-6,8,10-11,14,21H,7,9,12H2,1H3,(H,23,24)/t14-/m0/s1. The molecule has 1 atom stereocenters. The van der Waals surface area contributed by atoms with Gasteiger partial charge in [-0.2, -0.15) is 0 Å². The molecule has 0 saturated heterocycles. The molecule has 26 heavy (non-hydrogen) atoms.